The predicted octanol–water partition coefficient (Wildman–Crippen LogP) is 5.73. The molecular weight excluding hydrogens is 376 g/mol. The van der Waals surface area contributed by atoms with Gasteiger partial charge in [-0.25, -0.2) is 4.85 Å². The highest BCUT2D eigenvalue weighted by atomic mass is 16.5. The predicted molar refractivity (Wildman–Crippen MR) is 117 cm³/mol. The molecule has 0 saturated carbocycles. The van der Waals surface area contributed by atoms with Gasteiger partial charge >= 0.3 is 0 Å². The molecule has 3 aromatic rings. The van der Waals surface area contributed by atoms with Crippen molar-refractivity contribution in [2.24, 2.45) is 0 Å². The Labute approximate surface area is 186 Å². The molecule has 1 aromatic heterocycles. The van der Waals surface area contributed by atoms with E-state index in [9.17, 15) is 0 Å². The fourth-order valence-corrected chi connectivity index (χ4v) is 3.22. The summed E-state index contributed by atoms with van der Waals surface area (Å²) in [7, 11) is 0. The summed E-state index contributed by atoms with van der Waals surface area (Å²) < 4.78 is 68.8. The van der Waals surface area contributed by atoms with Gasteiger partial charge in [0.1, 0.15) is 5.75 Å². The van der Waals surface area contributed by atoms with Crippen molar-refractivity contribution in [1.82, 2.24) is 15.5 Å². The number of nitrogens with zero attached hydrogens (tertiary/aromatic N) is 3. The largest absolute Gasteiger partial charge is 0.502 e. The van der Waals surface area contributed by atoms with Gasteiger partial charge in [0.2, 0.25) is 11.5 Å². The normalized spacial score (nSPS) is 22.9. The number of rotatable bonds is 7. The zero-order valence-electron chi connectivity index (χ0n) is 23.9. The molecule has 1 aliphatic rings. The number of hydrogen-bond acceptors (Lipinski definition) is 5. The summed E-state index contributed by atoms with van der Waals surface area (Å²) in [6.45, 7) is 11.8. The van der Waals surface area contributed by atoms with Crippen LogP contribution in [0.4, 0.5) is 5.69 Å². The van der Waals surface area contributed by atoms with Gasteiger partial charge in [-0.15, -0.1) is 0 Å². The van der Waals surface area contributed by atoms with Crippen molar-refractivity contribution >= 4 is 5.69 Å². The molecule has 0 fully saturated rings. The van der Waals surface area contributed by atoms with E-state index in [1.807, 2.05) is 0 Å². The minimum absolute atomic E-state index is 0.0509. The monoisotopic (exact) mass is 409 g/mol. The smallest absolute Gasteiger partial charge is 0.256 e. The standard InChI is InChI=1S/C24H26N4O2/c1-5-13-26-20-11-10-17-18(20)7-6-8-19(17)23-27-24(30-28-23)16-9-12-22(29-15(2)3)21(14-16)25-4/h6-9,12,14-15,20,26H,5,10-11,13H2,1-3H3/t20-/m0/s1/i5D2,10D2,11D2,15D. The van der Waals surface area contributed by atoms with Crippen molar-refractivity contribution in [3.63, 3.8) is 0 Å². The first-order chi connectivity index (χ1) is 17.0. The highest BCUT2D eigenvalue weighted by molar-refractivity contribution is 5.70. The molecule has 154 valence electrons. The maximum atomic E-state index is 8.65. The second kappa shape index (κ2) is 8.68. The molecule has 0 unspecified atom stereocenters. The topological polar surface area (TPSA) is 64.5 Å². The summed E-state index contributed by atoms with van der Waals surface area (Å²) in [6.07, 6.45) is -7.66. The summed E-state index contributed by atoms with van der Waals surface area (Å²) in [5.74, 6) is 0.365. The Morgan fingerprint density at radius 1 is 1.43 bits per heavy atom. The van der Waals surface area contributed by atoms with Gasteiger partial charge in [-0.2, -0.15) is 4.98 Å². The van der Waals surface area contributed by atoms with Crippen LogP contribution in [0.2, 0.25) is 0 Å². The first kappa shape index (κ1) is 13.2. The second-order valence-electron chi connectivity index (χ2n) is 6.93. The van der Waals surface area contributed by atoms with Crippen molar-refractivity contribution in [2.45, 2.75) is 52.0 Å². The van der Waals surface area contributed by atoms with Crippen LogP contribution in [0.1, 0.15) is 60.3 Å². The fourth-order valence-electron chi connectivity index (χ4n) is 3.22. The molecule has 0 radical (unpaired) electrons. The van der Waals surface area contributed by atoms with Crippen molar-refractivity contribution in [1.29, 1.82) is 0 Å². The number of ether oxygens (including phenoxy) is 1. The molecule has 6 nitrogen and oxygen atoms in total. The Bertz CT molecular complexity index is 1370. The quantitative estimate of drug-likeness (QED) is 0.505. The molecule has 1 atom stereocenters. The molecule has 1 N–H and O–H groups in total. The molecule has 6 heteroatoms. The number of nitrogens with one attached hydrogen (secondary N) is 1. The van der Waals surface area contributed by atoms with Gasteiger partial charge in [0.25, 0.3) is 5.89 Å². The molecule has 1 aliphatic carbocycles. The molecule has 0 spiro atoms. The zero-order valence-corrected chi connectivity index (χ0v) is 16.9. The van der Waals surface area contributed by atoms with E-state index < -0.39 is 31.2 Å². The minimum atomic E-state index is -2.43. The van der Waals surface area contributed by atoms with Crippen LogP contribution >= 0.6 is 0 Å². The van der Waals surface area contributed by atoms with Crippen molar-refractivity contribution in [3.05, 3.63) is 58.9 Å². The number of aromatic nitrogens is 2. The van der Waals surface area contributed by atoms with Gasteiger partial charge in [-0.05, 0) is 68.8 Å². The summed E-state index contributed by atoms with van der Waals surface area (Å²) >= 11 is 0. The first-order valence-electron chi connectivity index (χ1n) is 13.0. The maximum Gasteiger partial charge on any atom is 0.256 e. The Hall–Kier alpha value is -3.17. The lowest BCUT2D eigenvalue weighted by Crippen LogP contribution is -2.19. The number of fused-ring (bicyclic) bond motifs is 1. The lowest BCUT2D eigenvalue weighted by Gasteiger charge is -2.13. The summed E-state index contributed by atoms with van der Waals surface area (Å²) in [6, 6.07) is 8.40. The third-order valence-corrected chi connectivity index (χ3v) is 4.54. The fraction of sp³-hybridized carbons (Fsp3) is 0.375. The molecular formula is C24H26N4O2. The van der Waals surface area contributed by atoms with Gasteiger partial charge in [-0.3, -0.25) is 0 Å². The summed E-state index contributed by atoms with van der Waals surface area (Å²) in [5, 5.41) is 6.87. The SMILES string of the molecule is [2H]C([2H])(C)CN[C@@H]1c2cccc(-c3noc(-c4ccc(OC([2H])(C)C)c([N+]#[C-])c4)n3)c2C([2H])([2H])C1([2H])[2H]. The first-order valence-corrected chi connectivity index (χ1v) is 9.47. The summed E-state index contributed by atoms with van der Waals surface area (Å²) in [5.41, 5.74) is 1.28. The molecule has 0 saturated heterocycles. The lowest BCUT2D eigenvalue weighted by atomic mass is 10.0. The molecule has 0 bridgehead atoms. The Balaban J connectivity index is 1.74. The molecule has 30 heavy (non-hydrogen) atoms. The van der Waals surface area contributed by atoms with E-state index >= 15 is 0 Å². The maximum absolute atomic E-state index is 8.65. The van der Waals surface area contributed by atoms with Crippen molar-refractivity contribution < 1.29 is 18.9 Å². The summed E-state index contributed by atoms with van der Waals surface area (Å²) in [4.78, 5) is 7.86. The molecule has 4 rings (SSSR count). The zero-order chi connectivity index (χ0) is 27.4. The van der Waals surface area contributed by atoms with E-state index in [2.05, 4.69) is 20.3 Å². The van der Waals surface area contributed by atoms with Crippen LogP contribution in [-0.4, -0.2) is 22.8 Å². The second-order valence-corrected chi connectivity index (χ2v) is 6.93. The third-order valence-electron chi connectivity index (χ3n) is 4.54. The highest BCUT2D eigenvalue weighted by Gasteiger charge is 2.26. The number of benzene rings is 2. The van der Waals surface area contributed by atoms with Gasteiger partial charge in [-0.1, -0.05) is 30.3 Å². The van der Waals surface area contributed by atoms with Crippen LogP contribution in [0, 0.1) is 6.57 Å². The van der Waals surface area contributed by atoms with Crippen LogP contribution in [0.3, 0.4) is 0 Å². The van der Waals surface area contributed by atoms with E-state index in [4.69, 9.17) is 25.4 Å². The average molecular weight is 410 g/mol. The van der Waals surface area contributed by atoms with Crippen LogP contribution in [0.15, 0.2) is 40.9 Å². The molecule has 1 heterocycles. The van der Waals surface area contributed by atoms with Crippen LogP contribution in [0.25, 0.3) is 27.7 Å². The van der Waals surface area contributed by atoms with Crippen molar-refractivity contribution in [3.8, 4) is 28.6 Å². The van der Waals surface area contributed by atoms with Gasteiger partial charge < -0.3 is 14.6 Å². The van der Waals surface area contributed by atoms with E-state index in [-0.39, 0.29) is 40.8 Å². The van der Waals surface area contributed by atoms with Crippen LogP contribution in [0.5, 0.6) is 5.75 Å². The molecule has 0 amide bonds. The Kier molecular flexibility index (Phi) is 3.82. The minimum Gasteiger partial charge on any atom is -0.502 e. The Morgan fingerprint density at radius 2 is 2.30 bits per heavy atom. The molecule has 2 aromatic carbocycles. The van der Waals surface area contributed by atoms with E-state index in [1.54, 1.807) is 44.2 Å². The van der Waals surface area contributed by atoms with Gasteiger partial charge in [0.15, 0.2) is 0 Å². The van der Waals surface area contributed by atoms with E-state index in [0.717, 1.165) is 0 Å². The lowest BCUT2D eigenvalue weighted by molar-refractivity contribution is 0.244. The van der Waals surface area contributed by atoms with Crippen LogP contribution in [-0.2, 0) is 6.37 Å². The van der Waals surface area contributed by atoms with E-state index in [0.29, 0.717) is 11.1 Å². The van der Waals surface area contributed by atoms with E-state index in [1.165, 1.54) is 13.0 Å². The van der Waals surface area contributed by atoms with Gasteiger partial charge in [0.05, 0.1) is 14.0 Å². The van der Waals surface area contributed by atoms with Gasteiger partial charge in [0, 0.05) is 25.4 Å². The molecule has 0 aliphatic heterocycles. The third kappa shape index (κ3) is 3.94. The number of hydrogen-bond donors (Lipinski definition) is 1. The average Bonchev–Trinajstić information content (AvgIpc) is 3.32. The Morgan fingerprint density at radius 3 is 3.07 bits per heavy atom. The van der Waals surface area contributed by atoms with Crippen LogP contribution < -0.4 is 10.1 Å². The van der Waals surface area contributed by atoms with Crippen molar-refractivity contribution in [2.75, 3.05) is 6.54 Å². The highest BCUT2D eigenvalue weighted by Crippen LogP contribution is 2.38.